The van der Waals surface area contributed by atoms with Crippen molar-refractivity contribution in [3.63, 3.8) is 0 Å². The highest BCUT2D eigenvalue weighted by Crippen LogP contribution is 2.22. The number of hydrogen-bond donors (Lipinski definition) is 1. The largest absolute Gasteiger partial charge is 0.437 e. The number of amides is 1. The fourth-order valence-corrected chi connectivity index (χ4v) is 2.71. The molecule has 3 rings (SSSR count). The van der Waals surface area contributed by atoms with Gasteiger partial charge in [-0.25, -0.2) is 0 Å². The van der Waals surface area contributed by atoms with Crippen LogP contribution in [0.25, 0.3) is 0 Å². The van der Waals surface area contributed by atoms with E-state index in [0.29, 0.717) is 29.9 Å². The van der Waals surface area contributed by atoms with Gasteiger partial charge in [0.2, 0.25) is 11.8 Å². The topological polar surface area (TPSA) is 67.4 Å². The van der Waals surface area contributed by atoms with E-state index in [2.05, 4.69) is 27.3 Å². The predicted molar refractivity (Wildman–Crippen MR) is 87.4 cm³/mol. The first kappa shape index (κ1) is 15.4. The van der Waals surface area contributed by atoms with Crippen molar-refractivity contribution in [2.75, 3.05) is 18.4 Å². The third-order valence-electron chi connectivity index (χ3n) is 3.93. The molecule has 1 amide bonds. The second kappa shape index (κ2) is 7.19. The molecule has 1 aliphatic rings. The summed E-state index contributed by atoms with van der Waals surface area (Å²) in [6.07, 6.45) is 3.91. The molecular weight excluding hydrogens is 292 g/mol. The molecule has 0 radical (unpaired) electrons. The number of benzene rings is 1. The molecule has 120 valence electrons. The molecular formula is C17H20N4O2. The van der Waals surface area contributed by atoms with Crippen molar-refractivity contribution in [3.05, 3.63) is 42.6 Å². The Morgan fingerprint density at radius 3 is 3.04 bits per heavy atom. The number of anilines is 1. The normalized spacial score (nSPS) is 17.9. The van der Waals surface area contributed by atoms with Gasteiger partial charge in [-0.15, -0.1) is 5.10 Å². The molecule has 1 N–H and O–H groups in total. The molecule has 6 nitrogen and oxygen atoms in total. The van der Waals surface area contributed by atoms with Gasteiger partial charge < -0.3 is 10.1 Å². The van der Waals surface area contributed by atoms with E-state index in [-0.39, 0.29) is 5.91 Å². The summed E-state index contributed by atoms with van der Waals surface area (Å²) in [4.78, 5) is 14.4. The molecule has 1 aliphatic heterocycles. The predicted octanol–water partition coefficient (Wildman–Crippen LogP) is 2.69. The van der Waals surface area contributed by atoms with E-state index in [1.165, 1.54) is 0 Å². The van der Waals surface area contributed by atoms with Crippen LogP contribution in [0.1, 0.15) is 19.8 Å². The third kappa shape index (κ3) is 4.26. The van der Waals surface area contributed by atoms with Gasteiger partial charge in [-0.05, 0) is 44.5 Å². The van der Waals surface area contributed by atoms with Crippen molar-refractivity contribution in [1.82, 2.24) is 15.1 Å². The highest BCUT2D eigenvalue weighted by molar-refractivity contribution is 5.92. The number of carbonyl (C=O) groups is 1. The Morgan fingerprint density at radius 1 is 1.39 bits per heavy atom. The van der Waals surface area contributed by atoms with E-state index >= 15 is 0 Å². The third-order valence-corrected chi connectivity index (χ3v) is 3.93. The summed E-state index contributed by atoms with van der Waals surface area (Å²) in [6, 6.07) is 11.2. The van der Waals surface area contributed by atoms with Gasteiger partial charge in [-0.2, -0.15) is 5.10 Å². The van der Waals surface area contributed by atoms with Crippen LogP contribution in [0.2, 0.25) is 0 Å². The van der Waals surface area contributed by atoms with Gasteiger partial charge in [0.1, 0.15) is 5.75 Å². The average Bonchev–Trinajstić information content (AvgIpc) is 2.93. The first-order valence-corrected chi connectivity index (χ1v) is 7.80. The number of nitrogens with zero attached hydrogens (tertiary/aromatic N) is 3. The van der Waals surface area contributed by atoms with Crippen LogP contribution >= 0.6 is 0 Å². The molecule has 1 atom stereocenters. The molecule has 0 unspecified atom stereocenters. The molecule has 2 aromatic rings. The average molecular weight is 312 g/mol. The van der Waals surface area contributed by atoms with Crippen molar-refractivity contribution in [3.8, 4) is 11.6 Å². The number of hydrogen-bond acceptors (Lipinski definition) is 5. The smallest absolute Gasteiger partial charge is 0.238 e. The standard InChI is InChI=1S/C17H20N4O2/c1-13-5-4-10-21(13)12-16(22)19-14-6-2-7-15(11-14)23-17-8-3-9-18-20-17/h2-3,6-9,11,13H,4-5,10,12H2,1H3,(H,19,22)/t13-/m0/s1. The Kier molecular flexibility index (Phi) is 4.83. The summed E-state index contributed by atoms with van der Waals surface area (Å²) < 4.78 is 5.62. The van der Waals surface area contributed by atoms with Crippen molar-refractivity contribution in [2.24, 2.45) is 0 Å². The zero-order valence-corrected chi connectivity index (χ0v) is 13.1. The van der Waals surface area contributed by atoms with Crippen molar-refractivity contribution in [1.29, 1.82) is 0 Å². The fourth-order valence-electron chi connectivity index (χ4n) is 2.71. The van der Waals surface area contributed by atoms with E-state index in [1.807, 2.05) is 18.2 Å². The van der Waals surface area contributed by atoms with Gasteiger partial charge >= 0.3 is 0 Å². The van der Waals surface area contributed by atoms with Gasteiger partial charge in [0.15, 0.2) is 0 Å². The van der Waals surface area contributed by atoms with Gasteiger partial charge in [0, 0.05) is 30.1 Å². The van der Waals surface area contributed by atoms with Gasteiger partial charge in [-0.3, -0.25) is 9.69 Å². The quantitative estimate of drug-likeness (QED) is 0.919. The molecule has 0 bridgehead atoms. The van der Waals surface area contributed by atoms with Crippen LogP contribution in [0.3, 0.4) is 0 Å². The molecule has 6 heteroatoms. The number of aromatic nitrogens is 2. The Hall–Kier alpha value is -2.47. The van der Waals surface area contributed by atoms with Crippen LogP contribution in [0.15, 0.2) is 42.6 Å². The highest BCUT2D eigenvalue weighted by Gasteiger charge is 2.22. The van der Waals surface area contributed by atoms with E-state index in [1.54, 1.807) is 24.4 Å². The summed E-state index contributed by atoms with van der Waals surface area (Å²) in [5.74, 6) is 1.02. The maximum absolute atomic E-state index is 12.2. The molecule has 0 aliphatic carbocycles. The van der Waals surface area contributed by atoms with Crippen molar-refractivity contribution >= 4 is 11.6 Å². The van der Waals surface area contributed by atoms with Crippen LogP contribution in [0, 0.1) is 0 Å². The molecule has 23 heavy (non-hydrogen) atoms. The molecule has 0 saturated carbocycles. The second-order valence-corrected chi connectivity index (χ2v) is 5.70. The molecule has 1 saturated heterocycles. The van der Waals surface area contributed by atoms with Crippen molar-refractivity contribution < 1.29 is 9.53 Å². The number of likely N-dealkylation sites (tertiary alicyclic amines) is 1. The SMILES string of the molecule is C[C@H]1CCCN1CC(=O)Nc1cccc(Oc2cccnn2)c1. The summed E-state index contributed by atoms with van der Waals surface area (Å²) in [6.45, 7) is 3.58. The van der Waals surface area contributed by atoms with Crippen LogP contribution in [-0.4, -0.2) is 40.1 Å². The van der Waals surface area contributed by atoms with Crippen LogP contribution in [-0.2, 0) is 4.79 Å². The molecule has 1 aromatic heterocycles. The molecule has 1 aromatic carbocycles. The molecule has 0 spiro atoms. The summed E-state index contributed by atoms with van der Waals surface area (Å²) in [5, 5.41) is 10.6. The lowest BCUT2D eigenvalue weighted by Gasteiger charge is -2.20. The first-order valence-electron chi connectivity index (χ1n) is 7.80. The van der Waals surface area contributed by atoms with Crippen LogP contribution < -0.4 is 10.1 Å². The minimum atomic E-state index is -0.00426. The minimum Gasteiger partial charge on any atom is -0.437 e. The number of nitrogens with one attached hydrogen (secondary N) is 1. The lowest BCUT2D eigenvalue weighted by Crippen LogP contribution is -2.35. The first-order chi connectivity index (χ1) is 11.2. The highest BCUT2D eigenvalue weighted by atomic mass is 16.5. The zero-order chi connectivity index (χ0) is 16.1. The van der Waals surface area contributed by atoms with E-state index < -0.39 is 0 Å². The van der Waals surface area contributed by atoms with Crippen LogP contribution in [0.4, 0.5) is 5.69 Å². The molecule has 2 heterocycles. The van der Waals surface area contributed by atoms with E-state index in [9.17, 15) is 4.79 Å². The Balaban J connectivity index is 1.60. The monoisotopic (exact) mass is 312 g/mol. The van der Waals surface area contributed by atoms with Crippen LogP contribution in [0.5, 0.6) is 11.6 Å². The van der Waals surface area contributed by atoms with E-state index in [0.717, 1.165) is 19.4 Å². The summed E-state index contributed by atoms with van der Waals surface area (Å²) >= 11 is 0. The number of ether oxygens (including phenoxy) is 1. The van der Waals surface area contributed by atoms with Gasteiger partial charge in [0.25, 0.3) is 0 Å². The van der Waals surface area contributed by atoms with Crippen molar-refractivity contribution in [2.45, 2.75) is 25.8 Å². The second-order valence-electron chi connectivity index (χ2n) is 5.70. The lowest BCUT2D eigenvalue weighted by atomic mass is 10.2. The fraction of sp³-hybridized carbons (Fsp3) is 0.353. The lowest BCUT2D eigenvalue weighted by molar-refractivity contribution is -0.117. The summed E-state index contributed by atoms with van der Waals surface area (Å²) in [7, 11) is 0. The Morgan fingerprint density at radius 2 is 2.30 bits per heavy atom. The number of carbonyl (C=O) groups excluding carboxylic acids is 1. The minimum absolute atomic E-state index is 0.00426. The zero-order valence-electron chi connectivity index (χ0n) is 13.1. The maximum atomic E-state index is 12.2. The van der Waals surface area contributed by atoms with Gasteiger partial charge in [-0.1, -0.05) is 6.07 Å². The maximum Gasteiger partial charge on any atom is 0.238 e. The molecule has 1 fully saturated rings. The number of rotatable bonds is 5. The van der Waals surface area contributed by atoms with Gasteiger partial charge in [0.05, 0.1) is 6.54 Å². The Bertz CT molecular complexity index is 663. The van der Waals surface area contributed by atoms with E-state index in [4.69, 9.17) is 4.74 Å². The Labute approximate surface area is 135 Å². The summed E-state index contributed by atoms with van der Waals surface area (Å²) in [5.41, 5.74) is 0.711.